The van der Waals surface area contributed by atoms with E-state index in [1.807, 2.05) is 17.9 Å². The van der Waals surface area contributed by atoms with Crippen LogP contribution in [-0.4, -0.2) is 22.4 Å². The summed E-state index contributed by atoms with van der Waals surface area (Å²) in [5.41, 5.74) is 1.35. The van der Waals surface area contributed by atoms with E-state index < -0.39 is 0 Å². The van der Waals surface area contributed by atoms with Gasteiger partial charge in [0.25, 0.3) is 0 Å². The van der Waals surface area contributed by atoms with E-state index in [1.54, 1.807) is 0 Å². The highest BCUT2D eigenvalue weighted by atomic mass is 15.2. The minimum absolute atomic E-state index is 0.781. The largest absolute Gasteiger partial charge is 0.314 e. The molecule has 0 aromatic carbocycles. The molecule has 0 spiro atoms. The molecule has 1 N–H and O–H groups in total. The summed E-state index contributed by atoms with van der Waals surface area (Å²) in [5, 5.41) is 7.84. The Hall–Kier alpha value is -0.830. The van der Waals surface area contributed by atoms with Crippen molar-refractivity contribution in [2.45, 2.75) is 45.1 Å². The van der Waals surface area contributed by atoms with Gasteiger partial charge in [0.2, 0.25) is 0 Å². The van der Waals surface area contributed by atoms with E-state index in [9.17, 15) is 0 Å². The molecule has 0 bridgehead atoms. The van der Waals surface area contributed by atoms with Gasteiger partial charge in [0.1, 0.15) is 0 Å². The molecule has 1 heterocycles. The quantitative estimate of drug-likeness (QED) is 0.772. The van der Waals surface area contributed by atoms with E-state index in [-0.39, 0.29) is 0 Å². The Labute approximate surface area is 98.2 Å². The van der Waals surface area contributed by atoms with Crippen LogP contribution in [0.4, 0.5) is 0 Å². The SMILES string of the molecule is CC1CCC(NCCCc2cnn(C)c2)C1. The van der Waals surface area contributed by atoms with Gasteiger partial charge in [0, 0.05) is 19.3 Å². The maximum Gasteiger partial charge on any atom is 0.0521 e. The number of hydrogen-bond donors (Lipinski definition) is 1. The second-order valence-electron chi connectivity index (χ2n) is 5.20. The average molecular weight is 221 g/mol. The Balaban J connectivity index is 1.58. The summed E-state index contributed by atoms with van der Waals surface area (Å²) in [4.78, 5) is 0. The molecule has 2 atom stereocenters. The minimum Gasteiger partial charge on any atom is -0.314 e. The van der Waals surface area contributed by atoms with Crippen LogP contribution in [0.2, 0.25) is 0 Å². The van der Waals surface area contributed by atoms with Crippen molar-refractivity contribution in [3.05, 3.63) is 18.0 Å². The van der Waals surface area contributed by atoms with Crippen LogP contribution in [0.1, 0.15) is 38.2 Å². The number of nitrogens with one attached hydrogen (secondary N) is 1. The number of rotatable bonds is 5. The first kappa shape index (κ1) is 11.6. The number of aromatic nitrogens is 2. The van der Waals surface area contributed by atoms with Crippen molar-refractivity contribution >= 4 is 0 Å². The molecule has 1 fully saturated rings. The van der Waals surface area contributed by atoms with Gasteiger partial charge in [0.15, 0.2) is 0 Å². The summed E-state index contributed by atoms with van der Waals surface area (Å²) >= 11 is 0. The van der Waals surface area contributed by atoms with Gasteiger partial charge in [-0.2, -0.15) is 5.10 Å². The molecule has 1 aliphatic carbocycles. The number of nitrogens with zero attached hydrogens (tertiary/aromatic N) is 2. The van der Waals surface area contributed by atoms with Crippen LogP contribution in [0.5, 0.6) is 0 Å². The fraction of sp³-hybridized carbons (Fsp3) is 0.769. The van der Waals surface area contributed by atoms with E-state index in [2.05, 4.69) is 23.5 Å². The molecule has 0 aliphatic heterocycles. The summed E-state index contributed by atoms with van der Waals surface area (Å²) in [5.74, 6) is 0.927. The van der Waals surface area contributed by atoms with Crippen LogP contribution < -0.4 is 5.32 Å². The Morgan fingerprint density at radius 3 is 3.00 bits per heavy atom. The molecule has 0 amide bonds. The second kappa shape index (κ2) is 5.48. The fourth-order valence-electron chi connectivity index (χ4n) is 2.59. The molecule has 3 heteroatoms. The standard InChI is InChI=1S/C13H23N3/c1-11-5-6-13(8-11)14-7-3-4-12-9-15-16(2)10-12/h9-11,13-14H,3-8H2,1-2H3. The van der Waals surface area contributed by atoms with Gasteiger partial charge in [-0.25, -0.2) is 0 Å². The average Bonchev–Trinajstić information content (AvgIpc) is 2.83. The van der Waals surface area contributed by atoms with E-state index in [4.69, 9.17) is 0 Å². The molecule has 1 aromatic heterocycles. The van der Waals surface area contributed by atoms with Crippen LogP contribution in [0.15, 0.2) is 12.4 Å². The molecular formula is C13H23N3. The van der Waals surface area contributed by atoms with Gasteiger partial charge in [-0.1, -0.05) is 6.92 Å². The van der Waals surface area contributed by atoms with E-state index in [1.165, 1.54) is 31.2 Å². The summed E-state index contributed by atoms with van der Waals surface area (Å²) in [7, 11) is 1.97. The monoisotopic (exact) mass is 221 g/mol. The van der Waals surface area contributed by atoms with Crippen molar-refractivity contribution in [1.82, 2.24) is 15.1 Å². The van der Waals surface area contributed by atoms with Gasteiger partial charge >= 0.3 is 0 Å². The smallest absolute Gasteiger partial charge is 0.0521 e. The first-order valence-corrected chi connectivity index (χ1v) is 6.45. The molecule has 2 rings (SSSR count). The molecule has 90 valence electrons. The third kappa shape index (κ3) is 3.34. The van der Waals surface area contributed by atoms with Crippen molar-refractivity contribution in [2.75, 3.05) is 6.54 Å². The Bertz CT molecular complexity index is 319. The lowest BCUT2D eigenvalue weighted by Gasteiger charge is -2.11. The van der Waals surface area contributed by atoms with Crippen molar-refractivity contribution in [3.63, 3.8) is 0 Å². The van der Waals surface area contributed by atoms with Gasteiger partial charge in [0.05, 0.1) is 6.20 Å². The molecule has 1 saturated carbocycles. The number of aryl methyl sites for hydroxylation is 2. The van der Waals surface area contributed by atoms with Gasteiger partial charge < -0.3 is 5.32 Å². The van der Waals surface area contributed by atoms with E-state index in [0.717, 1.165) is 24.9 Å². The Kier molecular flexibility index (Phi) is 3.99. The van der Waals surface area contributed by atoms with Crippen LogP contribution in [-0.2, 0) is 13.5 Å². The van der Waals surface area contributed by atoms with Crippen LogP contribution in [0, 0.1) is 5.92 Å². The van der Waals surface area contributed by atoms with Crippen LogP contribution in [0.3, 0.4) is 0 Å². The third-order valence-corrected chi connectivity index (χ3v) is 3.53. The zero-order valence-electron chi connectivity index (χ0n) is 10.4. The topological polar surface area (TPSA) is 29.9 Å². The lowest BCUT2D eigenvalue weighted by Crippen LogP contribution is -2.27. The zero-order chi connectivity index (χ0) is 11.4. The van der Waals surface area contributed by atoms with Crippen LogP contribution >= 0.6 is 0 Å². The molecule has 1 aliphatic rings. The minimum atomic E-state index is 0.781. The van der Waals surface area contributed by atoms with Gasteiger partial charge in [-0.15, -0.1) is 0 Å². The number of hydrogen-bond acceptors (Lipinski definition) is 2. The van der Waals surface area contributed by atoms with Crippen molar-refractivity contribution in [3.8, 4) is 0 Å². The predicted octanol–water partition coefficient (Wildman–Crippen LogP) is 2.13. The van der Waals surface area contributed by atoms with E-state index >= 15 is 0 Å². The van der Waals surface area contributed by atoms with Crippen molar-refractivity contribution < 1.29 is 0 Å². The lowest BCUT2D eigenvalue weighted by atomic mass is 10.1. The fourth-order valence-corrected chi connectivity index (χ4v) is 2.59. The Morgan fingerprint density at radius 1 is 1.50 bits per heavy atom. The van der Waals surface area contributed by atoms with E-state index in [0.29, 0.717) is 0 Å². The molecule has 2 unspecified atom stereocenters. The third-order valence-electron chi connectivity index (χ3n) is 3.53. The molecule has 16 heavy (non-hydrogen) atoms. The zero-order valence-corrected chi connectivity index (χ0v) is 10.4. The van der Waals surface area contributed by atoms with Crippen LogP contribution in [0.25, 0.3) is 0 Å². The predicted molar refractivity (Wildman–Crippen MR) is 66.3 cm³/mol. The summed E-state index contributed by atoms with van der Waals surface area (Å²) in [6.07, 6.45) is 10.6. The summed E-state index contributed by atoms with van der Waals surface area (Å²) in [6.45, 7) is 3.50. The highest BCUT2D eigenvalue weighted by Gasteiger charge is 2.19. The van der Waals surface area contributed by atoms with Crippen molar-refractivity contribution in [1.29, 1.82) is 0 Å². The first-order chi connectivity index (χ1) is 7.74. The van der Waals surface area contributed by atoms with Gasteiger partial charge in [-0.3, -0.25) is 4.68 Å². The van der Waals surface area contributed by atoms with Gasteiger partial charge in [-0.05, 0) is 50.1 Å². The molecule has 0 radical (unpaired) electrons. The molecule has 1 aromatic rings. The maximum absolute atomic E-state index is 4.18. The lowest BCUT2D eigenvalue weighted by molar-refractivity contribution is 0.496. The highest BCUT2D eigenvalue weighted by molar-refractivity contribution is 5.03. The normalized spacial score (nSPS) is 25.1. The highest BCUT2D eigenvalue weighted by Crippen LogP contribution is 2.24. The first-order valence-electron chi connectivity index (χ1n) is 6.45. The summed E-state index contributed by atoms with van der Waals surface area (Å²) < 4.78 is 1.88. The molecule has 0 saturated heterocycles. The Morgan fingerprint density at radius 2 is 2.38 bits per heavy atom. The second-order valence-corrected chi connectivity index (χ2v) is 5.20. The maximum atomic E-state index is 4.18. The molecule has 3 nitrogen and oxygen atoms in total. The molecular weight excluding hydrogens is 198 g/mol. The van der Waals surface area contributed by atoms with Crippen molar-refractivity contribution in [2.24, 2.45) is 13.0 Å². The summed E-state index contributed by atoms with van der Waals surface area (Å²) in [6, 6.07) is 0.781.